The molecule has 0 amide bonds. The average Bonchev–Trinajstić information content (AvgIpc) is 2.57. The Morgan fingerprint density at radius 2 is 1.50 bits per heavy atom. The van der Waals surface area contributed by atoms with E-state index < -0.39 is 11.7 Å². The van der Waals surface area contributed by atoms with Crippen molar-refractivity contribution in [3.63, 3.8) is 0 Å². The normalized spacial score (nSPS) is 15.4. The molecule has 2 aromatic rings. The summed E-state index contributed by atoms with van der Waals surface area (Å²) in [6, 6.07) is 13.8. The van der Waals surface area contributed by atoms with Crippen molar-refractivity contribution in [2.24, 2.45) is 0 Å². The summed E-state index contributed by atoms with van der Waals surface area (Å²) >= 11 is 0. The molecule has 0 radical (unpaired) electrons. The van der Waals surface area contributed by atoms with E-state index in [9.17, 15) is 13.2 Å². The molecule has 2 aromatic carbocycles. The summed E-state index contributed by atoms with van der Waals surface area (Å²) in [6.45, 7) is 2.02. The lowest BCUT2D eigenvalue weighted by Crippen LogP contribution is -2.06. The summed E-state index contributed by atoms with van der Waals surface area (Å²) in [5.41, 5.74) is 4.52. The van der Waals surface area contributed by atoms with E-state index in [4.69, 9.17) is 0 Å². The van der Waals surface area contributed by atoms with Crippen LogP contribution in [0.15, 0.2) is 54.1 Å². The predicted octanol–water partition coefficient (Wildman–Crippen LogP) is 6.78. The van der Waals surface area contributed by atoms with Gasteiger partial charge in [-0.05, 0) is 61.4 Å². The van der Waals surface area contributed by atoms with Crippen LogP contribution in [0.3, 0.4) is 0 Å². The summed E-state index contributed by atoms with van der Waals surface area (Å²) in [4.78, 5) is 0. The Balaban J connectivity index is 2.13. The van der Waals surface area contributed by atoms with Crippen LogP contribution < -0.4 is 0 Å². The number of alkyl halides is 3. The van der Waals surface area contributed by atoms with Gasteiger partial charge in [-0.2, -0.15) is 13.2 Å². The van der Waals surface area contributed by atoms with Crippen molar-refractivity contribution in [2.45, 2.75) is 45.2 Å². The number of benzene rings is 2. The molecule has 24 heavy (non-hydrogen) atoms. The largest absolute Gasteiger partial charge is 0.416 e. The molecule has 1 saturated carbocycles. The van der Waals surface area contributed by atoms with Gasteiger partial charge in [0, 0.05) is 0 Å². The average molecular weight is 330 g/mol. The van der Waals surface area contributed by atoms with Gasteiger partial charge in [0.2, 0.25) is 0 Å². The summed E-state index contributed by atoms with van der Waals surface area (Å²) in [5.74, 6) is 0. The number of hydrogen-bond acceptors (Lipinski definition) is 0. The van der Waals surface area contributed by atoms with E-state index in [-0.39, 0.29) is 0 Å². The van der Waals surface area contributed by atoms with Crippen molar-refractivity contribution in [2.75, 3.05) is 0 Å². The van der Waals surface area contributed by atoms with Gasteiger partial charge in [-0.3, -0.25) is 0 Å². The van der Waals surface area contributed by atoms with E-state index >= 15 is 0 Å². The van der Waals surface area contributed by atoms with E-state index in [2.05, 4.69) is 0 Å². The maximum Gasteiger partial charge on any atom is 0.416 e. The molecule has 0 unspecified atom stereocenters. The first-order chi connectivity index (χ1) is 11.4. The minimum Gasteiger partial charge on any atom is -0.166 e. The van der Waals surface area contributed by atoms with Crippen LogP contribution in [0.2, 0.25) is 0 Å². The Morgan fingerprint density at radius 1 is 0.833 bits per heavy atom. The minimum absolute atomic E-state index is 0.582. The highest BCUT2D eigenvalue weighted by molar-refractivity contribution is 5.82. The van der Waals surface area contributed by atoms with Crippen molar-refractivity contribution in [1.29, 1.82) is 0 Å². The Bertz CT molecular complexity index is 728. The third-order valence-corrected chi connectivity index (χ3v) is 4.63. The van der Waals surface area contributed by atoms with Gasteiger partial charge in [0.05, 0.1) is 5.56 Å². The summed E-state index contributed by atoms with van der Waals surface area (Å²) in [7, 11) is 0. The second-order valence-electron chi connectivity index (χ2n) is 6.48. The first-order valence-electron chi connectivity index (χ1n) is 8.42. The van der Waals surface area contributed by atoms with E-state index in [0.717, 1.165) is 48.4 Å². The first-order valence-corrected chi connectivity index (χ1v) is 8.42. The molecule has 3 rings (SSSR count). The van der Waals surface area contributed by atoms with E-state index in [1.165, 1.54) is 24.1 Å². The highest BCUT2D eigenvalue weighted by atomic mass is 19.4. The monoisotopic (exact) mass is 330 g/mol. The lowest BCUT2D eigenvalue weighted by molar-refractivity contribution is -0.137. The van der Waals surface area contributed by atoms with Crippen LogP contribution in [0.5, 0.6) is 0 Å². The highest BCUT2D eigenvalue weighted by Gasteiger charge is 2.30. The molecule has 0 N–H and O–H groups in total. The fourth-order valence-electron chi connectivity index (χ4n) is 3.37. The highest BCUT2D eigenvalue weighted by Crippen LogP contribution is 2.37. The SMILES string of the molecule is Cc1ccc(C(=C2CCCCC2)c2cccc(C(F)(F)F)c2)cc1. The number of rotatable bonds is 2. The van der Waals surface area contributed by atoms with E-state index in [0.29, 0.717) is 5.56 Å². The fourth-order valence-corrected chi connectivity index (χ4v) is 3.37. The third kappa shape index (κ3) is 3.72. The second-order valence-corrected chi connectivity index (χ2v) is 6.48. The maximum atomic E-state index is 13.1. The number of halogens is 3. The van der Waals surface area contributed by atoms with Gasteiger partial charge in [0.15, 0.2) is 0 Å². The Labute approximate surface area is 141 Å². The van der Waals surface area contributed by atoms with Crippen molar-refractivity contribution < 1.29 is 13.2 Å². The number of hydrogen-bond donors (Lipinski definition) is 0. The lowest BCUT2D eigenvalue weighted by atomic mass is 9.84. The fraction of sp³-hybridized carbons (Fsp3) is 0.333. The molecule has 3 heteroatoms. The molecule has 0 atom stereocenters. The van der Waals surface area contributed by atoms with Crippen LogP contribution >= 0.6 is 0 Å². The zero-order valence-corrected chi connectivity index (χ0v) is 13.8. The van der Waals surface area contributed by atoms with Crippen LogP contribution in [-0.2, 0) is 6.18 Å². The van der Waals surface area contributed by atoms with Crippen LogP contribution in [0.1, 0.15) is 54.4 Å². The predicted molar refractivity (Wildman–Crippen MR) is 91.7 cm³/mol. The molecular weight excluding hydrogens is 309 g/mol. The lowest BCUT2D eigenvalue weighted by Gasteiger charge is -2.21. The minimum atomic E-state index is -4.31. The molecule has 0 saturated heterocycles. The molecule has 0 aliphatic heterocycles. The van der Waals surface area contributed by atoms with E-state index in [1.807, 2.05) is 31.2 Å². The number of aryl methyl sites for hydroxylation is 1. The second kappa shape index (κ2) is 6.84. The third-order valence-electron chi connectivity index (χ3n) is 4.63. The van der Waals surface area contributed by atoms with Crippen molar-refractivity contribution in [1.82, 2.24) is 0 Å². The standard InChI is InChI=1S/C21H21F3/c1-15-10-12-17(13-11-15)20(16-6-3-2-4-7-16)18-8-5-9-19(14-18)21(22,23)24/h5,8-14H,2-4,6-7H2,1H3. The maximum absolute atomic E-state index is 13.1. The van der Waals surface area contributed by atoms with Crippen molar-refractivity contribution in [3.8, 4) is 0 Å². The quantitative estimate of drug-likeness (QED) is 0.569. The number of allylic oxidation sites excluding steroid dienone is 1. The van der Waals surface area contributed by atoms with Crippen LogP contribution in [0, 0.1) is 6.92 Å². The van der Waals surface area contributed by atoms with Crippen LogP contribution in [0.25, 0.3) is 5.57 Å². The molecule has 0 heterocycles. The Hall–Kier alpha value is -2.03. The molecular formula is C21H21F3. The van der Waals surface area contributed by atoms with Crippen molar-refractivity contribution >= 4 is 5.57 Å². The molecule has 126 valence electrons. The smallest absolute Gasteiger partial charge is 0.166 e. The molecule has 0 bridgehead atoms. The van der Waals surface area contributed by atoms with Gasteiger partial charge in [0.1, 0.15) is 0 Å². The Kier molecular flexibility index (Phi) is 4.79. The zero-order valence-electron chi connectivity index (χ0n) is 13.8. The zero-order chi connectivity index (χ0) is 17.2. The summed E-state index contributed by atoms with van der Waals surface area (Å²) in [6.07, 6.45) is 1.06. The first kappa shape index (κ1) is 16.8. The van der Waals surface area contributed by atoms with Crippen molar-refractivity contribution in [3.05, 3.63) is 76.4 Å². The van der Waals surface area contributed by atoms with Gasteiger partial charge >= 0.3 is 6.18 Å². The summed E-state index contributed by atoms with van der Waals surface area (Å²) < 4.78 is 39.3. The molecule has 1 fully saturated rings. The summed E-state index contributed by atoms with van der Waals surface area (Å²) in [5, 5.41) is 0. The van der Waals surface area contributed by atoms with Gasteiger partial charge in [-0.1, -0.05) is 54.0 Å². The molecule has 0 spiro atoms. The van der Waals surface area contributed by atoms with Crippen LogP contribution in [0.4, 0.5) is 13.2 Å². The van der Waals surface area contributed by atoms with Crippen LogP contribution in [-0.4, -0.2) is 0 Å². The molecule has 1 aliphatic rings. The molecule has 0 aromatic heterocycles. The van der Waals surface area contributed by atoms with Gasteiger partial charge < -0.3 is 0 Å². The Morgan fingerprint density at radius 3 is 2.12 bits per heavy atom. The molecule has 1 aliphatic carbocycles. The van der Waals surface area contributed by atoms with Gasteiger partial charge in [-0.25, -0.2) is 0 Å². The van der Waals surface area contributed by atoms with Gasteiger partial charge in [-0.15, -0.1) is 0 Å². The topological polar surface area (TPSA) is 0 Å². The van der Waals surface area contributed by atoms with Gasteiger partial charge in [0.25, 0.3) is 0 Å². The van der Waals surface area contributed by atoms with E-state index in [1.54, 1.807) is 6.07 Å². The molecule has 0 nitrogen and oxygen atoms in total.